The van der Waals surface area contributed by atoms with Gasteiger partial charge in [-0.3, -0.25) is 0 Å². The number of aryl methyl sites for hydroxylation is 1. The first-order valence-electron chi connectivity index (χ1n) is 5.04. The molecule has 80 valence electrons. The van der Waals surface area contributed by atoms with Crippen LogP contribution in [0.4, 0.5) is 17.1 Å². The SMILES string of the molecule is Cc1cccc(N=Nc2cccc([NH-])c2)c1. The fraction of sp³-hybridized carbons (Fsp3) is 0.0769. The van der Waals surface area contributed by atoms with Crippen molar-refractivity contribution in [2.45, 2.75) is 6.92 Å². The molecule has 0 unspecified atom stereocenters. The highest BCUT2D eigenvalue weighted by Crippen LogP contribution is 2.22. The highest BCUT2D eigenvalue weighted by molar-refractivity contribution is 5.53. The first-order chi connectivity index (χ1) is 7.74. The van der Waals surface area contributed by atoms with Crippen LogP contribution in [-0.2, 0) is 0 Å². The molecule has 0 aliphatic heterocycles. The molecule has 0 amide bonds. The van der Waals surface area contributed by atoms with E-state index in [1.165, 1.54) is 0 Å². The van der Waals surface area contributed by atoms with Crippen molar-refractivity contribution in [1.29, 1.82) is 0 Å². The maximum atomic E-state index is 7.45. The molecular weight excluding hydrogens is 198 g/mol. The summed E-state index contributed by atoms with van der Waals surface area (Å²) in [5, 5.41) is 8.20. The summed E-state index contributed by atoms with van der Waals surface area (Å²) in [5.74, 6) is 0. The Balaban J connectivity index is 2.21. The predicted octanol–water partition coefficient (Wildman–Crippen LogP) is 5.09. The largest absolute Gasteiger partial charge is 0.699 e. The summed E-state index contributed by atoms with van der Waals surface area (Å²) < 4.78 is 0. The lowest BCUT2D eigenvalue weighted by atomic mass is 10.2. The Labute approximate surface area is 94.6 Å². The van der Waals surface area contributed by atoms with Crippen molar-refractivity contribution >= 4 is 17.1 Å². The van der Waals surface area contributed by atoms with E-state index in [9.17, 15) is 0 Å². The van der Waals surface area contributed by atoms with Gasteiger partial charge in [-0.2, -0.15) is 10.2 Å². The van der Waals surface area contributed by atoms with E-state index in [0.717, 1.165) is 11.3 Å². The van der Waals surface area contributed by atoms with Gasteiger partial charge in [0.15, 0.2) is 0 Å². The summed E-state index contributed by atoms with van der Waals surface area (Å²) in [4.78, 5) is 0. The quantitative estimate of drug-likeness (QED) is 0.619. The smallest absolute Gasteiger partial charge is 0.0859 e. The topological polar surface area (TPSA) is 48.5 Å². The van der Waals surface area contributed by atoms with Gasteiger partial charge < -0.3 is 5.73 Å². The molecule has 0 atom stereocenters. The van der Waals surface area contributed by atoms with Crippen LogP contribution in [0.15, 0.2) is 58.8 Å². The van der Waals surface area contributed by atoms with E-state index in [2.05, 4.69) is 10.2 Å². The fourth-order valence-electron chi connectivity index (χ4n) is 1.37. The lowest BCUT2D eigenvalue weighted by Crippen LogP contribution is -1.69. The maximum Gasteiger partial charge on any atom is 0.0859 e. The summed E-state index contributed by atoms with van der Waals surface area (Å²) in [5.41, 5.74) is 10.6. The predicted molar refractivity (Wildman–Crippen MR) is 65.8 cm³/mol. The number of benzene rings is 2. The van der Waals surface area contributed by atoms with E-state index < -0.39 is 0 Å². The van der Waals surface area contributed by atoms with Gasteiger partial charge in [0, 0.05) is 0 Å². The van der Waals surface area contributed by atoms with Gasteiger partial charge in [-0.15, -0.1) is 5.69 Å². The number of hydrogen-bond donors (Lipinski definition) is 0. The molecule has 0 saturated heterocycles. The van der Waals surface area contributed by atoms with E-state index >= 15 is 0 Å². The van der Waals surface area contributed by atoms with Gasteiger partial charge in [0.25, 0.3) is 0 Å². The van der Waals surface area contributed by atoms with E-state index in [1.807, 2.05) is 37.3 Å². The molecule has 0 spiro atoms. The van der Waals surface area contributed by atoms with Crippen LogP contribution in [0.1, 0.15) is 5.56 Å². The summed E-state index contributed by atoms with van der Waals surface area (Å²) in [6, 6.07) is 14.9. The van der Waals surface area contributed by atoms with Crippen LogP contribution in [0.2, 0.25) is 0 Å². The van der Waals surface area contributed by atoms with Crippen LogP contribution >= 0.6 is 0 Å². The molecule has 0 aliphatic rings. The lowest BCUT2D eigenvalue weighted by Gasteiger charge is -2.01. The second-order valence-corrected chi connectivity index (χ2v) is 3.59. The van der Waals surface area contributed by atoms with Crippen molar-refractivity contribution in [2.24, 2.45) is 10.2 Å². The van der Waals surface area contributed by atoms with Crippen molar-refractivity contribution in [3.63, 3.8) is 0 Å². The highest BCUT2D eigenvalue weighted by atomic mass is 15.1. The van der Waals surface area contributed by atoms with E-state index in [1.54, 1.807) is 18.2 Å². The number of nitrogens with zero attached hydrogens (tertiary/aromatic N) is 2. The summed E-state index contributed by atoms with van der Waals surface area (Å²) >= 11 is 0. The molecule has 0 bridgehead atoms. The average Bonchev–Trinajstić information content (AvgIpc) is 2.27. The van der Waals surface area contributed by atoms with E-state index in [0.29, 0.717) is 11.4 Å². The Morgan fingerprint density at radius 2 is 1.50 bits per heavy atom. The molecule has 2 rings (SSSR count). The first-order valence-corrected chi connectivity index (χ1v) is 5.04. The molecule has 0 radical (unpaired) electrons. The van der Waals surface area contributed by atoms with Gasteiger partial charge in [0.05, 0.1) is 11.4 Å². The van der Waals surface area contributed by atoms with Crippen molar-refractivity contribution in [2.75, 3.05) is 0 Å². The van der Waals surface area contributed by atoms with Crippen LogP contribution in [0.3, 0.4) is 0 Å². The molecule has 0 aromatic heterocycles. The van der Waals surface area contributed by atoms with Crippen molar-refractivity contribution < 1.29 is 0 Å². The molecule has 3 heteroatoms. The summed E-state index contributed by atoms with van der Waals surface area (Å²) in [6.07, 6.45) is 0. The van der Waals surface area contributed by atoms with E-state index in [4.69, 9.17) is 5.73 Å². The number of azo groups is 1. The van der Waals surface area contributed by atoms with Crippen LogP contribution in [0, 0.1) is 6.92 Å². The number of hydrogen-bond acceptors (Lipinski definition) is 2. The van der Waals surface area contributed by atoms with E-state index in [-0.39, 0.29) is 0 Å². The Kier molecular flexibility index (Phi) is 2.96. The third kappa shape index (κ3) is 2.67. The van der Waals surface area contributed by atoms with Crippen LogP contribution in [0.5, 0.6) is 0 Å². The van der Waals surface area contributed by atoms with Gasteiger partial charge in [0.2, 0.25) is 0 Å². The third-order valence-electron chi connectivity index (χ3n) is 2.13. The van der Waals surface area contributed by atoms with Crippen molar-refractivity contribution in [3.05, 3.63) is 59.8 Å². The number of nitrogens with one attached hydrogen (secondary N) is 1. The minimum absolute atomic E-state index is 0.445. The summed E-state index contributed by atoms with van der Waals surface area (Å²) in [6.45, 7) is 2.02. The zero-order valence-corrected chi connectivity index (χ0v) is 9.01. The lowest BCUT2D eigenvalue weighted by molar-refractivity contribution is 1.23. The first kappa shape index (κ1) is 10.4. The molecule has 0 saturated carbocycles. The standard InChI is InChI=1S/C13H12N3/c1-10-4-2-6-12(8-10)15-16-13-7-3-5-11(14)9-13/h2-9,14H,1H3/q-1. The Morgan fingerprint density at radius 1 is 0.875 bits per heavy atom. The Hall–Kier alpha value is -2.16. The van der Waals surface area contributed by atoms with Crippen LogP contribution in [-0.4, -0.2) is 0 Å². The molecule has 0 fully saturated rings. The Bertz CT molecular complexity index is 471. The summed E-state index contributed by atoms with van der Waals surface area (Å²) in [7, 11) is 0. The van der Waals surface area contributed by atoms with Crippen LogP contribution < -0.4 is 0 Å². The van der Waals surface area contributed by atoms with Gasteiger partial charge >= 0.3 is 0 Å². The number of rotatable bonds is 2. The monoisotopic (exact) mass is 210 g/mol. The molecule has 0 heterocycles. The minimum atomic E-state index is 0.445. The second-order valence-electron chi connectivity index (χ2n) is 3.59. The highest BCUT2D eigenvalue weighted by Gasteiger charge is 1.90. The second kappa shape index (κ2) is 4.57. The molecular formula is C13H12N3-. The minimum Gasteiger partial charge on any atom is -0.699 e. The maximum absolute atomic E-state index is 7.45. The third-order valence-corrected chi connectivity index (χ3v) is 2.13. The Morgan fingerprint density at radius 3 is 2.12 bits per heavy atom. The van der Waals surface area contributed by atoms with Gasteiger partial charge in [-0.05, 0) is 36.8 Å². The average molecular weight is 210 g/mol. The van der Waals surface area contributed by atoms with Gasteiger partial charge in [0.1, 0.15) is 0 Å². The normalized spacial score (nSPS) is 10.8. The van der Waals surface area contributed by atoms with Crippen molar-refractivity contribution in [1.82, 2.24) is 0 Å². The van der Waals surface area contributed by atoms with Crippen LogP contribution in [0.25, 0.3) is 5.73 Å². The van der Waals surface area contributed by atoms with Crippen molar-refractivity contribution in [3.8, 4) is 0 Å². The van der Waals surface area contributed by atoms with Gasteiger partial charge in [-0.1, -0.05) is 24.3 Å². The molecule has 1 N–H and O–H groups in total. The zero-order valence-electron chi connectivity index (χ0n) is 9.01. The van der Waals surface area contributed by atoms with Gasteiger partial charge in [-0.25, -0.2) is 0 Å². The fourth-order valence-corrected chi connectivity index (χ4v) is 1.37. The molecule has 0 aliphatic carbocycles. The zero-order chi connectivity index (χ0) is 11.4. The molecule has 16 heavy (non-hydrogen) atoms. The molecule has 2 aromatic carbocycles. The molecule has 2 aromatic rings. The molecule has 3 nitrogen and oxygen atoms in total.